The van der Waals surface area contributed by atoms with Crippen molar-refractivity contribution in [2.45, 2.75) is 26.2 Å². The van der Waals surface area contributed by atoms with Gasteiger partial charge in [0.2, 0.25) is 0 Å². The highest BCUT2D eigenvalue weighted by Crippen LogP contribution is 2.30. The molecule has 1 unspecified atom stereocenters. The zero-order valence-corrected chi connectivity index (χ0v) is 15.2. The highest BCUT2D eigenvalue weighted by Gasteiger charge is 2.19. The van der Waals surface area contributed by atoms with Crippen LogP contribution in [-0.4, -0.2) is 30.4 Å². The monoisotopic (exact) mass is 372 g/mol. The smallest absolute Gasteiger partial charge is 0.306 e. The van der Waals surface area contributed by atoms with E-state index in [0.29, 0.717) is 22.3 Å². The van der Waals surface area contributed by atoms with Gasteiger partial charge in [0, 0.05) is 18.7 Å². The Bertz CT molecular complexity index is 1020. The summed E-state index contributed by atoms with van der Waals surface area (Å²) < 4.78 is 3.01. The number of fused-ring (bicyclic) bond motifs is 1. The second kappa shape index (κ2) is 7.01. The van der Waals surface area contributed by atoms with Gasteiger partial charge in [-0.1, -0.05) is 25.4 Å². The van der Waals surface area contributed by atoms with Crippen molar-refractivity contribution >= 4 is 34.8 Å². The molecule has 0 saturated heterocycles. The molecule has 0 aliphatic carbocycles. The number of aromatic nitrogens is 5. The molecule has 9 nitrogen and oxygen atoms in total. The first-order valence-corrected chi connectivity index (χ1v) is 8.36. The lowest BCUT2D eigenvalue weighted by Gasteiger charge is -2.16. The molecule has 0 aliphatic rings. The number of aryl methyl sites for hydroxylation is 1. The number of nitrogens with one attached hydrogen (secondary N) is 2. The molecule has 0 spiro atoms. The van der Waals surface area contributed by atoms with Crippen molar-refractivity contribution in [3.05, 3.63) is 34.9 Å². The number of hydrogen-bond acceptors (Lipinski definition) is 5. The summed E-state index contributed by atoms with van der Waals surface area (Å²) in [6, 6.07) is 2.95. The van der Waals surface area contributed by atoms with Gasteiger partial charge in [0.1, 0.15) is 17.0 Å². The summed E-state index contributed by atoms with van der Waals surface area (Å²) in [5.74, 6) is 0.540. The van der Waals surface area contributed by atoms with E-state index in [9.17, 15) is 4.79 Å². The van der Waals surface area contributed by atoms with Crippen LogP contribution in [0.1, 0.15) is 37.4 Å². The fraction of sp³-hybridized carbons (Fsp3) is 0.312. The number of imidazole rings is 1. The third-order valence-corrected chi connectivity index (χ3v) is 4.27. The zero-order chi connectivity index (χ0) is 18.8. The number of halogens is 1. The summed E-state index contributed by atoms with van der Waals surface area (Å²) in [5, 5.41) is 22.9. The predicted octanol–water partition coefficient (Wildman–Crippen LogP) is 3.15. The van der Waals surface area contributed by atoms with Crippen LogP contribution in [0.4, 0.5) is 16.3 Å². The van der Waals surface area contributed by atoms with Crippen LogP contribution in [-0.2, 0) is 7.05 Å². The minimum absolute atomic E-state index is 0.135. The zero-order valence-electron chi connectivity index (χ0n) is 14.5. The molecule has 3 heterocycles. The first kappa shape index (κ1) is 17.7. The van der Waals surface area contributed by atoms with Crippen LogP contribution in [0.3, 0.4) is 0 Å². The predicted molar refractivity (Wildman–Crippen MR) is 97.3 cm³/mol. The number of amides is 2. The number of nitriles is 1. The lowest BCUT2D eigenvalue weighted by molar-refractivity contribution is 0.262. The van der Waals surface area contributed by atoms with Crippen molar-refractivity contribution in [2.24, 2.45) is 7.05 Å². The maximum absolute atomic E-state index is 12.4. The van der Waals surface area contributed by atoms with E-state index in [0.717, 1.165) is 12.0 Å². The standard InChI is InChI=1S/C16H17ClN8O/c1-4-9(2)14-11(7-19-25-8-12(17)21-15(14)25)20-16(26)22-13-5-10(6-18)23-24(13)3/h5,7-9H,4H2,1-3H3,(H2,20,22,26). The Morgan fingerprint density at radius 3 is 2.88 bits per heavy atom. The molecule has 3 aromatic heterocycles. The van der Waals surface area contributed by atoms with Crippen molar-refractivity contribution in [1.29, 1.82) is 5.26 Å². The van der Waals surface area contributed by atoms with Gasteiger partial charge in [-0.15, -0.1) is 0 Å². The van der Waals surface area contributed by atoms with Crippen molar-refractivity contribution in [3.8, 4) is 6.07 Å². The molecule has 0 radical (unpaired) electrons. The Hall–Kier alpha value is -3.12. The van der Waals surface area contributed by atoms with Crippen molar-refractivity contribution in [2.75, 3.05) is 10.6 Å². The number of anilines is 2. The van der Waals surface area contributed by atoms with Gasteiger partial charge in [0.15, 0.2) is 11.3 Å². The first-order valence-electron chi connectivity index (χ1n) is 7.98. The van der Waals surface area contributed by atoms with Crippen LogP contribution in [0.25, 0.3) is 5.65 Å². The number of rotatable bonds is 4. The highest BCUT2D eigenvalue weighted by atomic mass is 35.5. The van der Waals surface area contributed by atoms with E-state index in [1.54, 1.807) is 24.0 Å². The molecular formula is C16H17ClN8O. The van der Waals surface area contributed by atoms with Crippen LogP contribution in [0.5, 0.6) is 0 Å². The summed E-state index contributed by atoms with van der Waals surface area (Å²) in [6.07, 6.45) is 4.04. The molecule has 0 aromatic carbocycles. The lowest BCUT2D eigenvalue weighted by atomic mass is 9.98. The molecule has 1 atom stereocenters. The van der Waals surface area contributed by atoms with Crippen LogP contribution in [0, 0.1) is 11.3 Å². The van der Waals surface area contributed by atoms with Gasteiger partial charge in [0.05, 0.1) is 18.1 Å². The molecule has 26 heavy (non-hydrogen) atoms. The number of carbonyl (C=O) groups is 1. The number of urea groups is 1. The minimum Gasteiger partial charge on any atom is -0.306 e. The van der Waals surface area contributed by atoms with E-state index >= 15 is 0 Å². The van der Waals surface area contributed by atoms with Crippen LogP contribution in [0.2, 0.25) is 5.15 Å². The molecular weight excluding hydrogens is 356 g/mol. The fourth-order valence-corrected chi connectivity index (χ4v) is 2.80. The van der Waals surface area contributed by atoms with E-state index in [-0.39, 0.29) is 11.6 Å². The second-order valence-electron chi connectivity index (χ2n) is 5.84. The Labute approximate surface area is 154 Å². The molecule has 0 bridgehead atoms. The van der Waals surface area contributed by atoms with E-state index in [2.05, 4.69) is 32.7 Å². The summed E-state index contributed by atoms with van der Waals surface area (Å²) in [4.78, 5) is 16.7. The van der Waals surface area contributed by atoms with Gasteiger partial charge in [0.25, 0.3) is 0 Å². The van der Waals surface area contributed by atoms with E-state index in [4.69, 9.17) is 16.9 Å². The summed E-state index contributed by atoms with van der Waals surface area (Å²) in [7, 11) is 1.64. The first-order chi connectivity index (χ1) is 12.4. The van der Waals surface area contributed by atoms with Crippen molar-refractivity contribution in [3.63, 3.8) is 0 Å². The maximum atomic E-state index is 12.4. The van der Waals surface area contributed by atoms with E-state index < -0.39 is 6.03 Å². The molecule has 2 amide bonds. The highest BCUT2D eigenvalue weighted by molar-refractivity contribution is 6.29. The van der Waals surface area contributed by atoms with Crippen LogP contribution < -0.4 is 10.6 Å². The van der Waals surface area contributed by atoms with Gasteiger partial charge >= 0.3 is 6.03 Å². The van der Waals surface area contributed by atoms with Crippen molar-refractivity contribution < 1.29 is 4.79 Å². The largest absolute Gasteiger partial charge is 0.324 e. The summed E-state index contributed by atoms with van der Waals surface area (Å²) in [6.45, 7) is 4.09. The Morgan fingerprint density at radius 1 is 1.46 bits per heavy atom. The quantitative estimate of drug-likeness (QED) is 0.730. The molecule has 3 rings (SSSR count). The average Bonchev–Trinajstić information content (AvgIpc) is 3.15. The Balaban J connectivity index is 1.91. The molecule has 10 heteroatoms. The summed E-state index contributed by atoms with van der Waals surface area (Å²) >= 11 is 5.99. The van der Waals surface area contributed by atoms with E-state index in [1.165, 1.54) is 10.7 Å². The van der Waals surface area contributed by atoms with E-state index in [1.807, 2.05) is 13.0 Å². The number of hydrogen-bond donors (Lipinski definition) is 2. The molecule has 0 fully saturated rings. The molecule has 0 aliphatic heterocycles. The topological polar surface area (TPSA) is 113 Å². The minimum atomic E-state index is -0.467. The summed E-state index contributed by atoms with van der Waals surface area (Å²) in [5.41, 5.74) is 2.23. The van der Waals surface area contributed by atoms with Gasteiger partial charge < -0.3 is 5.32 Å². The van der Waals surface area contributed by atoms with Crippen LogP contribution >= 0.6 is 11.6 Å². The van der Waals surface area contributed by atoms with Crippen molar-refractivity contribution in [1.82, 2.24) is 24.4 Å². The lowest BCUT2D eigenvalue weighted by Crippen LogP contribution is -2.22. The SMILES string of the molecule is CCC(C)c1c(NC(=O)Nc2cc(C#N)nn2C)cnn2cc(Cl)nc12. The Kier molecular flexibility index (Phi) is 4.77. The third kappa shape index (κ3) is 3.32. The van der Waals surface area contributed by atoms with Gasteiger partial charge in [-0.05, 0) is 12.3 Å². The molecule has 134 valence electrons. The molecule has 2 N–H and O–H groups in total. The second-order valence-corrected chi connectivity index (χ2v) is 6.23. The number of nitrogens with zero attached hydrogens (tertiary/aromatic N) is 6. The normalized spacial score (nSPS) is 12.0. The van der Waals surface area contributed by atoms with Crippen LogP contribution in [0.15, 0.2) is 18.5 Å². The average molecular weight is 373 g/mol. The number of carbonyl (C=O) groups excluding carboxylic acids is 1. The van der Waals surface area contributed by atoms with Gasteiger partial charge in [-0.25, -0.2) is 14.3 Å². The fourth-order valence-electron chi connectivity index (χ4n) is 2.62. The third-order valence-electron chi connectivity index (χ3n) is 4.09. The maximum Gasteiger partial charge on any atom is 0.324 e. The molecule has 0 saturated carbocycles. The van der Waals surface area contributed by atoms with Gasteiger partial charge in [-0.2, -0.15) is 15.5 Å². The molecule has 3 aromatic rings. The van der Waals surface area contributed by atoms with Gasteiger partial charge in [-0.3, -0.25) is 10.00 Å². The Morgan fingerprint density at radius 2 is 2.23 bits per heavy atom.